The summed E-state index contributed by atoms with van der Waals surface area (Å²) in [6.45, 7) is -0.351. The topological polar surface area (TPSA) is 65.5 Å². The molecule has 6 nitrogen and oxygen atoms in total. The van der Waals surface area contributed by atoms with Crippen LogP contribution < -0.4 is 5.32 Å². The molecule has 0 unspecified atom stereocenters. The van der Waals surface area contributed by atoms with E-state index >= 15 is 0 Å². The van der Waals surface area contributed by atoms with E-state index in [0.29, 0.717) is 18.8 Å². The van der Waals surface area contributed by atoms with E-state index in [4.69, 9.17) is 0 Å². The first kappa shape index (κ1) is 17.0. The Morgan fingerprint density at radius 2 is 1.78 bits per heavy atom. The van der Waals surface area contributed by atoms with E-state index in [1.807, 2.05) is 5.32 Å². The van der Waals surface area contributed by atoms with Gasteiger partial charge in [0.05, 0.1) is 6.42 Å². The zero-order valence-corrected chi connectivity index (χ0v) is 12.3. The third kappa shape index (κ3) is 5.42. The fraction of sp³-hybridized carbons (Fsp3) is 0.500. The molecular weight excluding hydrogens is 313 g/mol. The molecule has 2 rings (SSSR count). The monoisotopic (exact) mass is 330 g/mol. The normalized spacial score (nSPS) is 15.4. The van der Waals surface area contributed by atoms with Crippen LogP contribution in [0.2, 0.25) is 0 Å². The van der Waals surface area contributed by atoms with Crippen molar-refractivity contribution in [1.82, 2.24) is 20.1 Å². The first-order valence-electron chi connectivity index (χ1n) is 7.12. The molecule has 2 heterocycles. The summed E-state index contributed by atoms with van der Waals surface area (Å²) in [4.78, 5) is 30.7. The number of nitrogens with one attached hydrogen (secondary N) is 1. The number of carbonyl (C=O) groups is 2. The lowest BCUT2D eigenvalue weighted by molar-refractivity contribution is -0.131. The first-order valence-corrected chi connectivity index (χ1v) is 7.12. The number of rotatable bonds is 3. The van der Waals surface area contributed by atoms with Gasteiger partial charge in [-0.15, -0.1) is 0 Å². The molecule has 1 aromatic heterocycles. The third-order valence-electron chi connectivity index (χ3n) is 3.42. The van der Waals surface area contributed by atoms with Crippen LogP contribution in [0.4, 0.5) is 18.0 Å². The van der Waals surface area contributed by atoms with Gasteiger partial charge in [0.2, 0.25) is 5.91 Å². The quantitative estimate of drug-likeness (QED) is 0.901. The van der Waals surface area contributed by atoms with Crippen LogP contribution in [0.15, 0.2) is 24.4 Å². The minimum absolute atomic E-state index is 0.112. The summed E-state index contributed by atoms with van der Waals surface area (Å²) >= 11 is 0. The molecule has 0 spiro atoms. The molecule has 0 bridgehead atoms. The highest BCUT2D eigenvalue weighted by Gasteiger charge is 2.30. The van der Waals surface area contributed by atoms with Gasteiger partial charge < -0.3 is 15.1 Å². The lowest BCUT2D eigenvalue weighted by Gasteiger charge is -2.34. The highest BCUT2D eigenvalue weighted by Crippen LogP contribution is 2.13. The Bertz CT molecular complexity index is 543. The van der Waals surface area contributed by atoms with Crippen molar-refractivity contribution in [2.75, 3.05) is 32.7 Å². The summed E-state index contributed by atoms with van der Waals surface area (Å²) in [6, 6.07) is 4.53. The van der Waals surface area contributed by atoms with Crippen molar-refractivity contribution in [1.29, 1.82) is 0 Å². The van der Waals surface area contributed by atoms with Gasteiger partial charge in [0, 0.05) is 38.1 Å². The maximum Gasteiger partial charge on any atom is 0.405 e. The Morgan fingerprint density at radius 3 is 2.35 bits per heavy atom. The van der Waals surface area contributed by atoms with Gasteiger partial charge in [0.25, 0.3) is 0 Å². The van der Waals surface area contributed by atoms with E-state index in [-0.39, 0.29) is 25.4 Å². The number of pyridine rings is 1. The average Bonchev–Trinajstić information content (AvgIpc) is 2.53. The van der Waals surface area contributed by atoms with Crippen LogP contribution in [0.25, 0.3) is 0 Å². The number of amides is 3. The molecule has 1 N–H and O–H groups in total. The molecule has 3 amide bonds. The predicted molar refractivity (Wildman–Crippen MR) is 75.5 cm³/mol. The smallest absolute Gasteiger partial charge is 0.339 e. The molecule has 1 aromatic rings. The van der Waals surface area contributed by atoms with Gasteiger partial charge in [-0.2, -0.15) is 13.2 Å². The number of nitrogens with zero attached hydrogens (tertiary/aromatic N) is 3. The second kappa shape index (κ2) is 7.30. The lowest BCUT2D eigenvalue weighted by atomic mass is 10.2. The van der Waals surface area contributed by atoms with Gasteiger partial charge >= 0.3 is 12.2 Å². The highest BCUT2D eigenvalue weighted by atomic mass is 19.4. The Balaban J connectivity index is 1.77. The maximum atomic E-state index is 12.1. The number of aromatic nitrogens is 1. The van der Waals surface area contributed by atoms with E-state index < -0.39 is 18.8 Å². The number of piperazine rings is 1. The molecule has 1 aliphatic rings. The highest BCUT2D eigenvalue weighted by molar-refractivity contribution is 5.79. The molecule has 1 fully saturated rings. The van der Waals surface area contributed by atoms with Crippen molar-refractivity contribution in [2.24, 2.45) is 0 Å². The van der Waals surface area contributed by atoms with Crippen molar-refractivity contribution >= 4 is 11.9 Å². The standard InChI is InChI=1S/C14H17F3N4O2/c15-14(16,17)10-19-13(23)21-7-5-20(6-8-21)12(22)9-11-3-1-2-4-18-11/h1-4H,5-10H2,(H,19,23). The predicted octanol–water partition coefficient (Wildman–Crippen LogP) is 1.04. The summed E-state index contributed by atoms with van der Waals surface area (Å²) in [5.74, 6) is -0.112. The van der Waals surface area contributed by atoms with Crippen LogP contribution in [0.1, 0.15) is 5.69 Å². The minimum atomic E-state index is -4.43. The Labute approximate surface area is 131 Å². The van der Waals surface area contributed by atoms with Crippen molar-refractivity contribution in [3.63, 3.8) is 0 Å². The van der Waals surface area contributed by atoms with E-state index in [2.05, 4.69) is 4.98 Å². The molecule has 0 aliphatic carbocycles. The second-order valence-corrected chi connectivity index (χ2v) is 5.14. The maximum absolute atomic E-state index is 12.1. The van der Waals surface area contributed by atoms with Crippen LogP contribution in [-0.4, -0.2) is 65.6 Å². The Kier molecular flexibility index (Phi) is 5.41. The van der Waals surface area contributed by atoms with Crippen molar-refractivity contribution in [3.8, 4) is 0 Å². The van der Waals surface area contributed by atoms with Gasteiger partial charge in [-0.3, -0.25) is 9.78 Å². The van der Waals surface area contributed by atoms with E-state index in [1.165, 1.54) is 4.90 Å². The molecule has 9 heteroatoms. The largest absolute Gasteiger partial charge is 0.405 e. The number of hydrogen-bond acceptors (Lipinski definition) is 3. The molecule has 1 saturated heterocycles. The lowest BCUT2D eigenvalue weighted by Crippen LogP contribution is -2.54. The van der Waals surface area contributed by atoms with Crippen LogP contribution >= 0.6 is 0 Å². The van der Waals surface area contributed by atoms with Crippen molar-refractivity contribution < 1.29 is 22.8 Å². The molecule has 0 atom stereocenters. The second-order valence-electron chi connectivity index (χ2n) is 5.14. The Morgan fingerprint density at radius 1 is 1.13 bits per heavy atom. The molecular formula is C14H17F3N4O2. The fourth-order valence-corrected chi connectivity index (χ4v) is 2.22. The molecule has 0 aromatic carbocycles. The summed E-state index contributed by atoms with van der Waals surface area (Å²) < 4.78 is 36.2. The number of hydrogen-bond donors (Lipinski definition) is 1. The summed E-state index contributed by atoms with van der Waals surface area (Å²) in [5, 5.41) is 1.82. The average molecular weight is 330 g/mol. The molecule has 23 heavy (non-hydrogen) atoms. The fourth-order valence-electron chi connectivity index (χ4n) is 2.22. The van der Waals surface area contributed by atoms with Gasteiger partial charge in [-0.05, 0) is 12.1 Å². The number of carbonyl (C=O) groups excluding carboxylic acids is 2. The van der Waals surface area contributed by atoms with E-state index in [9.17, 15) is 22.8 Å². The first-order chi connectivity index (χ1) is 10.8. The van der Waals surface area contributed by atoms with Gasteiger partial charge in [0.1, 0.15) is 6.54 Å². The third-order valence-corrected chi connectivity index (χ3v) is 3.42. The molecule has 0 saturated carbocycles. The summed E-state index contributed by atoms with van der Waals surface area (Å²) in [5.41, 5.74) is 0.655. The molecule has 126 valence electrons. The van der Waals surface area contributed by atoms with Crippen LogP contribution in [0.3, 0.4) is 0 Å². The van der Waals surface area contributed by atoms with Gasteiger partial charge in [-0.25, -0.2) is 4.79 Å². The van der Waals surface area contributed by atoms with E-state index in [0.717, 1.165) is 0 Å². The summed E-state index contributed by atoms with van der Waals surface area (Å²) in [7, 11) is 0. The van der Waals surface area contributed by atoms with Crippen molar-refractivity contribution in [3.05, 3.63) is 30.1 Å². The zero-order chi connectivity index (χ0) is 16.9. The van der Waals surface area contributed by atoms with Gasteiger partial charge in [-0.1, -0.05) is 6.07 Å². The van der Waals surface area contributed by atoms with Crippen LogP contribution in [-0.2, 0) is 11.2 Å². The number of alkyl halides is 3. The Hall–Kier alpha value is -2.32. The summed E-state index contributed by atoms with van der Waals surface area (Å²) in [6.07, 6.45) is -2.66. The number of urea groups is 1. The van der Waals surface area contributed by atoms with E-state index in [1.54, 1.807) is 29.3 Å². The van der Waals surface area contributed by atoms with Gasteiger partial charge in [0.15, 0.2) is 0 Å². The SMILES string of the molecule is O=C(Cc1ccccn1)N1CCN(C(=O)NCC(F)(F)F)CC1. The molecule has 1 aliphatic heterocycles. The van der Waals surface area contributed by atoms with Crippen LogP contribution in [0.5, 0.6) is 0 Å². The van der Waals surface area contributed by atoms with Crippen LogP contribution in [0, 0.1) is 0 Å². The minimum Gasteiger partial charge on any atom is -0.339 e. The number of halogens is 3. The zero-order valence-electron chi connectivity index (χ0n) is 12.3. The molecule has 0 radical (unpaired) electrons. The van der Waals surface area contributed by atoms with Crippen molar-refractivity contribution in [2.45, 2.75) is 12.6 Å².